The maximum absolute atomic E-state index is 4.97. The van der Waals surface area contributed by atoms with Crippen LogP contribution in [0.4, 0.5) is 0 Å². The molecule has 0 radical (unpaired) electrons. The first-order valence-corrected chi connectivity index (χ1v) is 6.59. The van der Waals surface area contributed by atoms with Gasteiger partial charge in [0.2, 0.25) is 0 Å². The number of ether oxygens (including phenoxy) is 1. The van der Waals surface area contributed by atoms with Gasteiger partial charge in [-0.1, -0.05) is 0 Å². The molecule has 0 atom stereocenters. The molecule has 6 heteroatoms. The van der Waals surface area contributed by atoms with Crippen LogP contribution in [0.3, 0.4) is 0 Å². The molecule has 0 saturated heterocycles. The van der Waals surface area contributed by atoms with Crippen molar-refractivity contribution in [1.82, 2.24) is 25.6 Å². The normalized spacial score (nSPS) is 11.2. The minimum Gasteiger partial charge on any atom is -0.383 e. The van der Waals surface area contributed by atoms with Crippen LogP contribution >= 0.6 is 0 Å². The third-order valence-corrected chi connectivity index (χ3v) is 2.92. The molecule has 0 fully saturated rings. The van der Waals surface area contributed by atoms with E-state index in [2.05, 4.69) is 25.6 Å². The summed E-state index contributed by atoms with van der Waals surface area (Å²) in [4.78, 5) is 11.5. The van der Waals surface area contributed by atoms with Gasteiger partial charge in [-0.2, -0.15) is 0 Å². The van der Waals surface area contributed by atoms with Gasteiger partial charge in [-0.3, -0.25) is 0 Å². The SMILES string of the molecule is COCCNCCCNCc1ccnc2nc[nH]c12. The first-order chi connectivity index (χ1) is 9.42. The maximum atomic E-state index is 4.97. The summed E-state index contributed by atoms with van der Waals surface area (Å²) in [6, 6.07) is 2.02. The molecule has 104 valence electrons. The fourth-order valence-electron chi connectivity index (χ4n) is 1.91. The Balaban J connectivity index is 1.64. The highest BCUT2D eigenvalue weighted by molar-refractivity contribution is 5.73. The summed E-state index contributed by atoms with van der Waals surface area (Å²) in [5.41, 5.74) is 3.00. The first kappa shape index (κ1) is 13.9. The third kappa shape index (κ3) is 4.27. The van der Waals surface area contributed by atoms with E-state index in [0.29, 0.717) is 0 Å². The van der Waals surface area contributed by atoms with Gasteiger partial charge in [0, 0.05) is 26.4 Å². The summed E-state index contributed by atoms with van der Waals surface area (Å²) in [6.45, 7) is 4.50. The fraction of sp³-hybridized carbons (Fsp3) is 0.538. The number of hydrogen-bond acceptors (Lipinski definition) is 5. The van der Waals surface area contributed by atoms with E-state index < -0.39 is 0 Å². The van der Waals surface area contributed by atoms with Crippen LogP contribution in [-0.2, 0) is 11.3 Å². The Kier molecular flexibility index (Phi) is 5.74. The molecule has 0 saturated carbocycles. The lowest BCUT2D eigenvalue weighted by atomic mass is 10.2. The molecule has 0 amide bonds. The maximum Gasteiger partial charge on any atom is 0.177 e. The number of methoxy groups -OCH3 is 1. The van der Waals surface area contributed by atoms with Crippen LogP contribution in [0.1, 0.15) is 12.0 Å². The van der Waals surface area contributed by atoms with Gasteiger partial charge in [0.1, 0.15) is 0 Å². The predicted molar refractivity (Wildman–Crippen MR) is 75.0 cm³/mol. The molecule has 0 aliphatic carbocycles. The van der Waals surface area contributed by atoms with E-state index in [9.17, 15) is 0 Å². The van der Waals surface area contributed by atoms with Crippen molar-refractivity contribution in [3.05, 3.63) is 24.2 Å². The highest BCUT2D eigenvalue weighted by Crippen LogP contribution is 2.11. The summed E-state index contributed by atoms with van der Waals surface area (Å²) in [5.74, 6) is 0. The van der Waals surface area contributed by atoms with Crippen LogP contribution in [0.15, 0.2) is 18.6 Å². The summed E-state index contributed by atoms with van der Waals surface area (Å²) >= 11 is 0. The zero-order valence-corrected chi connectivity index (χ0v) is 11.3. The molecule has 0 unspecified atom stereocenters. The topological polar surface area (TPSA) is 74.9 Å². The largest absolute Gasteiger partial charge is 0.383 e. The van der Waals surface area contributed by atoms with E-state index in [1.807, 2.05) is 6.07 Å². The molecule has 19 heavy (non-hydrogen) atoms. The van der Waals surface area contributed by atoms with Crippen molar-refractivity contribution in [2.45, 2.75) is 13.0 Å². The highest BCUT2D eigenvalue weighted by atomic mass is 16.5. The molecule has 0 aliphatic rings. The van der Waals surface area contributed by atoms with E-state index in [4.69, 9.17) is 4.74 Å². The Hall–Kier alpha value is -1.50. The number of nitrogens with one attached hydrogen (secondary N) is 3. The number of aromatic nitrogens is 3. The van der Waals surface area contributed by atoms with E-state index >= 15 is 0 Å². The standard InChI is InChI=1S/C13H21N5O/c1-19-8-7-14-4-2-5-15-9-11-3-6-16-13-12(11)17-10-18-13/h3,6,10,14-15H,2,4-5,7-9H2,1H3,(H,16,17,18). The smallest absolute Gasteiger partial charge is 0.177 e. The number of nitrogens with zero attached hydrogens (tertiary/aromatic N) is 2. The lowest BCUT2D eigenvalue weighted by Gasteiger charge is -2.06. The molecule has 0 aliphatic heterocycles. The fourth-order valence-corrected chi connectivity index (χ4v) is 1.91. The van der Waals surface area contributed by atoms with Crippen LogP contribution in [0, 0.1) is 0 Å². The number of imidazole rings is 1. The number of rotatable bonds is 9. The van der Waals surface area contributed by atoms with Crippen molar-refractivity contribution >= 4 is 11.2 Å². The lowest BCUT2D eigenvalue weighted by molar-refractivity contribution is 0.199. The van der Waals surface area contributed by atoms with Gasteiger partial charge in [0.25, 0.3) is 0 Å². The van der Waals surface area contributed by atoms with Gasteiger partial charge in [0.05, 0.1) is 18.5 Å². The Labute approximate surface area is 113 Å². The predicted octanol–water partition coefficient (Wildman–Crippen LogP) is 0.674. The van der Waals surface area contributed by atoms with Crippen molar-refractivity contribution < 1.29 is 4.74 Å². The monoisotopic (exact) mass is 263 g/mol. The summed E-state index contributed by atoms with van der Waals surface area (Å²) in [6.07, 6.45) is 4.58. The molecule has 0 bridgehead atoms. The van der Waals surface area contributed by atoms with Gasteiger partial charge >= 0.3 is 0 Å². The van der Waals surface area contributed by atoms with Gasteiger partial charge in [-0.15, -0.1) is 0 Å². The van der Waals surface area contributed by atoms with Crippen molar-refractivity contribution in [1.29, 1.82) is 0 Å². The van der Waals surface area contributed by atoms with Crippen LogP contribution in [0.5, 0.6) is 0 Å². The second-order valence-corrected chi connectivity index (χ2v) is 4.34. The molecule has 2 aromatic heterocycles. The second-order valence-electron chi connectivity index (χ2n) is 4.34. The number of fused-ring (bicyclic) bond motifs is 1. The Morgan fingerprint density at radius 1 is 1.21 bits per heavy atom. The number of H-pyrrole nitrogens is 1. The zero-order chi connectivity index (χ0) is 13.3. The van der Waals surface area contributed by atoms with Crippen molar-refractivity contribution in [3.8, 4) is 0 Å². The quantitative estimate of drug-likeness (QED) is 0.580. The van der Waals surface area contributed by atoms with Gasteiger partial charge in [0.15, 0.2) is 5.65 Å². The second kappa shape index (κ2) is 7.83. The average molecular weight is 263 g/mol. The van der Waals surface area contributed by atoms with Crippen molar-refractivity contribution in [2.24, 2.45) is 0 Å². The van der Waals surface area contributed by atoms with E-state index in [0.717, 1.165) is 50.4 Å². The van der Waals surface area contributed by atoms with E-state index in [1.165, 1.54) is 5.56 Å². The summed E-state index contributed by atoms with van der Waals surface area (Å²) in [7, 11) is 1.72. The van der Waals surface area contributed by atoms with Crippen molar-refractivity contribution in [2.75, 3.05) is 33.4 Å². The van der Waals surface area contributed by atoms with E-state index in [1.54, 1.807) is 19.6 Å². The molecule has 2 rings (SSSR count). The Morgan fingerprint density at radius 3 is 3.00 bits per heavy atom. The van der Waals surface area contributed by atoms with Crippen LogP contribution in [0.2, 0.25) is 0 Å². The highest BCUT2D eigenvalue weighted by Gasteiger charge is 2.02. The summed E-state index contributed by atoms with van der Waals surface area (Å²) in [5, 5.41) is 6.75. The van der Waals surface area contributed by atoms with Gasteiger partial charge in [-0.05, 0) is 31.1 Å². The minimum absolute atomic E-state index is 0.766. The average Bonchev–Trinajstić information content (AvgIpc) is 2.91. The van der Waals surface area contributed by atoms with Gasteiger partial charge < -0.3 is 20.4 Å². The zero-order valence-electron chi connectivity index (χ0n) is 11.3. The number of hydrogen-bond donors (Lipinski definition) is 3. The molecular formula is C13H21N5O. The third-order valence-electron chi connectivity index (χ3n) is 2.92. The molecule has 0 aromatic carbocycles. The van der Waals surface area contributed by atoms with Crippen molar-refractivity contribution in [3.63, 3.8) is 0 Å². The van der Waals surface area contributed by atoms with Gasteiger partial charge in [-0.25, -0.2) is 9.97 Å². The Bertz CT molecular complexity index is 485. The Morgan fingerprint density at radius 2 is 2.11 bits per heavy atom. The van der Waals surface area contributed by atoms with Crippen LogP contribution < -0.4 is 10.6 Å². The molecule has 2 aromatic rings. The number of pyridine rings is 1. The molecule has 3 N–H and O–H groups in total. The molecule has 6 nitrogen and oxygen atoms in total. The number of aromatic amines is 1. The lowest BCUT2D eigenvalue weighted by Crippen LogP contribution is -2.24. The van der Waals surface area contributed by atoms with Crippen LogP contribution in [-0.4, -0.2) is 48.3 Å². The summed E-state index contributed by atoms with van der Waals surface area (Å²) < 4.78 is 4.97. The molecule has 0 spiro atoms. The minimum atomic E-state index is 0.766. The van der Waals surface area contributed by atoms with Crippen LogP contribution in [0.25, 0.3) is 11.2 Å². The molecular weight excluding hydrogens is 242 g/mol. The van der Waals surface area contributed by atoms with E-state index in [-0.39, 0.29) is 0 Å². The first-order valence-electron chi connectivity index (χ1n) is 6.59. The molecule has 2 heterocycles.